The van der Waals surface area contributed by atoms with Crippen molar-refractivity contribution in [3.05, 3.63) is 33.9 Å². The molecule has 6 nitrogen and oxygen atoms in total. The number of hydrogen-bond donors (Lipinski definition) is 2. The maximum atomic E-state index is 12.5. The molecule has 1 unspecified atom stereocenters. The molecule has 1 atom stereocenters. The van der Waals surface area contributed by atoms with Crippen LogP contribution in [0.2, 0.25) is 0 Å². The molecule has 1 aliphatic rings. The molecule has 2 aromatic heterocycles. The molecule has 0 bridgehead atoms. The van der Waals surface area contributed by atoms with Gasteiger partial charge in [0.25, 0.3) is 11.5 Å². The highest BCUT2D eigenvalue weighted by Gasteiger charge is 2.28. The fraction of sp³-hybridized carbons (Fsp3) is 0.429. The Morgan fingerprint density at radius 1 is 1.50 bits per heavy atom. The summed E-state index contributed by atoms with van der Waals surface area (Å²) in [5.74, 6) is -0.199. The van der Waals surface area contributed by atoms with Gasteiger partial charge in [-0.25, -0.2) is 0 Å². The summed E-state index contributed by atoms with van der Waals surface area (Å²) in [6.07, 6.45) is 3.46. The molecular weight excluding hydrogens is 258 g/mol. The van der Waals surface area contributed by atoms with E-state index in [1.807, 2.05) is 6.92 Å². The van der Waals surface area contributed by atoms with Gasteiger partial charge in [0.1, 0.15) is 0 Å². The number of aromatic amines is 1. The number of likely N-dealkylation sites (tertiary alicyclic amines) is 1. The minimum atomic E-state index is -0.464. The Morgan fingerprint density at radius 2 is 2.25 bits per heavy atom. The Hall–Kier alpha value is -2.08. The lowest BCUT2D eigenvalue weighted by Gasteiger charge is -2.14. The molecule has 3 rings (SSSR count). The molecule has 0 aliphatic carbocycles. The van der Waals surface area contributed by atoms with Crippen molar-refractivity contribution in [3.63, 3.8) is 0 Å². The molecule has 0 aromatic carbocycles. The van der Waals surface area contributed by atoms with E-state index in [4.69, 9.17) is 0 Å². The zero-order chi connectivity index (χ0) is 14.4. The summed E-state index contributed by atoms with van der Waals surface area (Å²) in [5, 5.41) is 9.96. The third-order valence-corrected chi connectivity index (χ3v) is 3.88. The van der Waals surface area contributed by atoms with Gasteiger partial charge in [-0.1, -0.05) is 0 Å². The van der Waals surface area contributed by atoms with Crippen LogP contribution in [0.1, 0.15) is 22.3 Å². The largest absolute Gasteiger partial charge is 0.391 e. The van der Waals surface area contributed by atoms with Gasteiger partial charge < -0.3 is 19.6 Å². The van der Waals surface area contributed by atoms with Crippen molar-refractivity contribution < 1.29 is 9.90 Å². The standard InChI is InChI=1S/C14H17N3O3/c1-8-6-16(2)14(20)11-10(5-15-12(8)11)13(19)17-4-3-9(18)7-17/h5-6,9,15,18H,3-4,7H2,1-2H3. The van der Waals surface area contributed by atoms with E-state index < -0.39 is 6.10 Å². The average Bonchev–Trinajstić information content (AvgIpc) is 3.01. The number of nitrogens with one attached hydrogen (secondary N) is 1. The monoisotopic (exact) mass is 275 g/mol. The Balaban J connectivity index is 2.13. The summed E-state index contributed by atoms with van der Waals surface area (Å²) in [6, 6.07) is 0. The van der Waals surface area contributed by atoms with Crippen LogP contribution in [0.3, 0.4) is 0 Å². The number of aryl methyl sites for hydroxylation is 2. The maximum Gasteiger partial charge on any atom is 0.260 e. The molecule has 0 saturated carbocycles. The smallest absolute Gasteiger partial charge is 0.260 e. The van der Waals surface area contributed by atoms with Crippen LogP contribution in [-0.4, -0.2) is 44.7 Å². The number of H-pyrrole nitrogens is 1. The Kier molecular flexibility index (Phi) is 2.90. The first-order valence-electron chi connectivity index (χ1n) is 6.63. The van der Waals surface area contributed by atoms with Crippen LogP contribution in [0.5, 0.6) is 0 Å². The molecule has 6 heteroatoms. The maximum absolute atomic E-state index is 12.5. The topological polar surface area (TPSA) is 78.3 Å². The molecule has 2 N–H and O–H groups in total. The molecule has 1 aliphatic heterocycles. The van der Waals surface area contributed by atoms with Crippen molar-refractivity contribution in [1.82, 2.24) is 14.5 Å². The van der Waals surface area contributed by atoms with E-state index in [2.05, 4.69) is 4.98 Å². The quantitative estimate of drug-likeness (QED) is 0.790. The zero-order valence-electron chi connectivity index (χ0n) is 11.5. The SMILES string of the molecule is Cc1cn(C)c(=O)c2c(C(=O)N3CCC(O)C3)c[nH]c12. The number of hydrogen-bond acceptors (Lipinski definition) is 3. The van der Waals surface area contributed by atoms with E-state index in [1.54, 1.807) is 24.3 Å². The second kappa shape index (κ2) is 4.49. The summed E-state index contributed by atoms with van der Waals surface area (Å²) in [4.78, 5) is 29.4. The van der Waals surface area contributed by atoms with Crippen LogP contribution in [-0.2, 0) is 7.05 Å². The van der Waals surface area contributed by atoms with Crippen molar-refractivity contribution in [3.8, 4) is 0 Å². The van der Waals surface area contributed by atoms with E-state index in [-0.39, 0.29) is 11.5 Å². The molecule has 3 heterocycles. The van der Waals surface area contributed by atoms with Gasteiger partial charge in [0.2, 0.25) is 0 Å². The summed E-state index contributed by atoms with van der Waals surface area (Å²) in [7, 11) is 1.68. The minimum Gasteiger partial charge on any atom is -0.391 e. The molecule has 2 aromatic rings. The predicted octanol–water partition coefficient (Wildman–Crippen LogP) is 0.382. The lowest BCUT2D eigenvalue weighted by Crippen LogP contribution is -2.30. The van der Waals surface area contributed by atoms with Crippen molar-refractivity contribution in [2.75, 3.05) is 13.1 Å². The summed E-state index contributed by atoms with van der Waals surface area (Å²) in [6.45, 7) is 2.75. The first-order valence-corrected chi connectivity index (χ1v) is 6.63. The Bertz CT molecular complexity index is 744. The number of aliphatic hydroxyl groups excluding tert-OH is 1. The van der Waals surface area contributed by atoms with Crippen LogP contribution in [0.25, 0.3) is 10.9 Å². The van der Waals surface area contributed by atoms with Crippen molar-refractivity contribution >= 4 is 16.8 Å². The molecule has 0 spiro atoms. The third kappa shape index (κ3) is 1.84. The number of carbonyl (C=O) groups excluding carboxylic acids is 1. The van der Waals surface area contributed by atoms with E-state index >= 15 is 0 Å². The van der Waals surface area contributed by atoms with Gasteiger partial charge >= 0.3 is 0 Å². The molecule has 1 fully saturated rings. The zero-order valence-corrected chi connectivity index (χ0v) is 11.5. The number of pyridine rings is 1. The number of carbonyl (C=O) groups is 1. The molecule has 0 radical (unpaired) electrons. The Morgan fingerprint density at radius 3 is 2.90 bits per heavy atom. The summed E-state index contributed by atoms with van der Waals surface area (Å²) < 4.78 is 1.49. The molecular formula is C14H17N3O3. The van der Waals surface area contributed by atoms with Gasteiger partial charge in [0.15, 0.2) is 0 Å². The van der Waals surface area contributed by atoms with E-state index in [0.29, 0.717) is 36.0 Å². The number of aliphatic hydroxyl groups is 1. The van der Waals surface area contributed by atoms with Gasteiger partial charge in [-0.2, -0.15) is 0 Å². The summed E-state index contributed by atoms with van der Waals surface area (Å²) >= 11 is 0. The normalized spacial score (nSPS) is 18.9. The van der Waals surface area contributed by atoms with Crippen LogP contribution >= 0.6 is 0 Å². The number of aromatic nitrogens is 2. The summed E-state index contributed by atoms with van der Waals surface area (Å²) in [5.41, 5.74) is 1.83. The highest BCUT2D eigenvalue weighted by molar-refractivity contribution is 6.07. The predicted molar refractivity (Wildman–Crippen MR) is 74.8 cm³/mol. The number of rotatable bonds is 1. The Labute approximate surface area is 115 Å². The fourth-order valence-corrected chi connectivity index (χ4v) is 2.81. The van der Waals surface area contributed by atoms with Gasteiger partial charge in [0, 0.05) is 32.5 Å². The number of β-amino-alcohol motifs (C(OH)–C–C–N with tert-alkyl or cyclic N) is 1. The molecule has 106 valence electrons. The first-order chi connectivity index (χ1) is 9.49. The van der Waals surface area contributed by atoms with Gasteiger partial charge in [0.05, 0.1) is 22.6 Å². The van der Waals surface area contributed by atoms with Crippen LogP contribution in [0.4, 0.5) is 0 Å². The third-order valence-electron chi connectivity index (χ3n) is 3.88. The number of nitrogens with zero attached hydrogens (tertiary/aromatic N) is 2. The van der Waals surface area contributed by atoms with Crippen molar-refractivity contribution in [2.24, 2.45) is 7.05 Å². The highest BCUT2D eigenvalue weighted by atomic mass is 16.3. The van der Waals surface area contributed by atoms with E-state index in [9.17, 15) is 14.7 Å². The van der Waals surface area contributed by atoms with E-state index in [1.165, 1.54) is 4.57 Å². The van der Waals surface area contributed by atoms with Crippen LogP contribution < -0.4 is 5.56 Å². The van der Waals surface area contributed by atoms with Gasteiger partial charge in [-0.05, 0) is 18.9 Å². The first kappa shape index (κ1) is 12.9. The average molecular weight is 275 g/mol. The molecule has 1 amide bonds. The van der Waals surface area contributed by atoms with Crippen molar-refractivity contribution in [2.45, 2.75) is 19.4 Å². The second-order valence-corrected chi connectivity index (χ2v) is 5.37. The van der Waals surface area contributed by atoms with Crippen LogP contribution in [0, 0.1) is 6.92 Å². The lowest BCUT2D eigenvalue weighted by atomic mass is 10.1. The molecule has 20 heavy (non-hydrogen) atoms. The fourth-order valence-electron chi connectivity index (χ4n) is 2.81. The van der Waals surface area contributed by atoms with Gasteiger partial charge in [-0.3, -0.25) is 9.59 Å². The minimum absolute atomic E-state index is 0.185. The number of fused-ring (bicyclic) bond motifs is 1. The second-order valence-electron chi connectivity index (χ2n) is 5.37. The highest BCUT2D eigenvalue weighted by Crippen LogP contribution is 2.21. The number of amides is 1. The lowest BCUT2D eigenvalue weighted by molar-refractivity contribution is 0.0767. The molecule has 1 saturated heterocycles. The van der Waals surface area contributed by atoms with Crippen molar-refractivity contribution in [1.29, 1.82) is 0 Å². The van der Waals surface area contributed by atoms with E-state index in [0.717, 1.165) is 5.56 Å². The van der Waals surface area contributed by atoms with Gasteiger partial charge in [-0.15, -0.1) is 0 Å². The van der Waals surface area contributed by atoms with Crippen LogP contribution in [0.15, 0.2) is 17.2 Å².